The Labute approximate surface area is 119 Å². The molecule has 0 bridgehead atoms. The van der Waals surface area contributed by atoms with E-state index < -0.39 is 0 Å². The fraction of sp³-hybridized carbons (Fsp3) is 0.438. The van der Waals surface area contributed by atoms with Gasteiger partial charge in [-0.2, -0.15) is 0 Å². The van der Waals surface area contributed by atoms with Crippen LogP contribution in [-0.4, -0.2) is 23.2 Å². The summed E-state index contributed by atoms with van der Waals surface area (Å²) in [5.74, 6) is 1.06. The molecule has 0 saturated carbocycles. The molecule has 20 heavy (non-hydrogen) atoms. The van der Waals surface area contributed by atoms with Crippen molar-refractivity contribution in [3.63, 3.8) is 0 Å². The van der Waals surface area contributed by atoms with Crippen molar-refractivity contribution in [2.24, 2.45) is 0 Å². The third-order valence-corrected chi connectivity index (χ3v) is 3.95. The molecule has 0 saturated heterocycles. The third-order valence-electron chi connectivity index (χ3n) is 3.95. The molecule has 0 fully saturated rings. The van der Waals surface area contributed by atoms with Gasteiger partial charge in [0.1, 0.15) is 5.75 Å². The van der Waals surface area contributed by atoms with Gasteiger partial charge in [0.15, 0.2) is 0 Å². The first kappa shape index (κ1) is 13.2. The Balaban J connectivity index is 1.57. The maximum absolute atomic E-state index is 5.98. The maximum atomic E-state index is 5.98. The molecule has 1 unspecified atom stereocenters. The van der Waals surface area contributed by atoms with Crippen LogP contribution in [0.4, 0.5) is 0 Å². The lowest BCUT2D eigenvalue weighted by Crippen LogP contribution is -2.12. The monoisotopic (exact) mass is 271 g/mol. The minimum absolute atomic E-state index is 0.486. The summed E-state index contributed by atoms with van der Waals surface area (Å²) < 4.78 is 8.06. The molecule has 2 aromatic rings. The molecule has 0 amide bonds. The summed E-state index contributed by atoms with van der Waals surface area (Å²) in [6, 6.07) is 6.88. The van der Waals surface area contributed by atoms with Gasteiger partial charge in [0.2, 0.25) is 0 Å². The molecule has 106 valence electrons. The van der Waals surface area contributed by atoms with E-state index in [1.54, 1.807) is 0 Å². The number of rotatable bonds is 6. The van der Waals surface area contributed by atoms with E-state index in [9.17, 15) is 0 Å². The number of imidazole rings is 1. The number of nitrogens with zero attached hydrogens (tertiary/aromatic N) is 2. The first-order chi connectivity index (χ1) is 9.88. The normalized spacial score (nSPS) is 17.1. The second kappa shape index (κ2) is 6.09. The number of benzene rings is 1. The molecule has 1 N–H and O–H groups in total. The van der Waals surface area contributed by atoms with Gasteiger partial charge in [-0.1, -0.05) is 12.1 Å². The number of aryl methyl sites for hydroxylation is 1. The first-order valence-electron chi connectivity index (χ1n) is 7.26. The van der Waals surface area contributed by atoms with Crippen molar-refractivity contribution < 1.29 is 4.74 Å². The summed E-state index contributed by atoms with van der Waals surface area (Å²) >= 11 is 0. The van der Waals surface area contributed by atoms with E-state index in [0.717, 1.165) is 31.7 Å². The summed E-state index contributed by atoms with van der Waals surface area (Å²) in [5, 5.41) is 3.37. The lowest BCUT2D eigenvalue weighted by Gasteiger charge is -2.13. The Bertz CT molecular complexity index is 551. The quantitative estimate of drug-likeness (QED) is 0.821. The van der Waals surface area contributed by atoms with Gasteiger partial charge >= 0.3 is 0 Å². The van der Waals surface area contributed by atoms with Gasteiger partial charge in [-0.15, -0.1) is 0 Å². The SMILES string of the molecule is CNC1CCc2c(OCCCn3ccnc3)cccc21. The zero-order chi connectivity index (χ0) is 13.8. The predicted molar refractivity (Wildman–Crippen MR) is 78.9 cm³/mol. The van der Waals surface area contributed by atoms with Crippen LogP contribution in [0.15, 0.2) is 36.9 Å². The van der Waals surface area contributed by atoms with Crippen LogP contribution in [0, 0.1) is 0 Å². The van der Waals surface area contributed by atoms with Gasteiger partial charge in [0.05, 0.1) is 12.9 Å². The van der Waals surface area contributed by atoms with Crippen molar-refractivity contribution in [2.45, 2.75) is 31.8 Å². The fourth-order valence-electron chi connectivity index (χ4n) is 2.90. The van der Waals surface area contributed by atoms with E-state index >= 15 is 0 Å². The number of fused-ring (bicyclic) bond motifs is 1. The highest BCUT2D eigenvalue weighted by atomic mass is 16.5. The highest BCUT2D eigenvalue weighted by Gasteiger charge is 2.23. The minimum Gasteiger partial charge on any atom is -0.493 e. The highest BCUT2D eigenvalue weighted by Crippen LogP contribution is 2.36. The average Bonchev–Trinajstić information content (AvgIpc) is 3.12. The van der Waals surface area contributed by atoms with Gasteiger partial charge < -0.3 is 14.6 Å². The predicted octanol–water partition coefficient (Wildman–Crippen LogP) is 2.56. The lowest BCUT2D eigenvalue weighted by molar-refractivity contribution is 0.299. The standard InChI is InChI=1S/C16H21N3O/c1-17-15-7-6-14-13(15)4-2-5-16(14)20-11-3-9-19-10-8-18-12-19/h2,4-5,8,10,12,15,17H,3,6-7,9,11H2,1H3. The topological polar surface area (TPSA) is 39.1 Å². The van der Waals surface area contributed by atoms with Crippen LogP contribution in [0.5, 0.6) is 5.75 Å². The van der Waals surface area contributed by atoms with E-state index in [0.29, 0.717) is 6.04 Å². The van der Waals surface area contributed by atoms with Crippen LogP contribution in [0.25, 0.3) is 0 Å². The summed E-state index contributed by atoms with van der Waals surface area (Å²) in [6.07, 6.45) is 8.91. The number of ether oxygens (including phenoxy) is 1. The second-order valence-electron chi connectivity index (χ2n) is 5.21. The zero-order valence-corrected chi connectivity index (χ0v) is 11.9. The van der Waals surface area contributed by atoms with Crippen LogP contribution in [-0.2, 0) is 13.0 Å². The first-order valence-corrected chi connectivity index (χ1v) is 7.26. The molecular formula is C16H21N3O. The minimum atomic E-state index is 0.486. The smallest absolute Gasteiger partial charge is 0.122 e. The summed E-state index contributed by atoms with van der Waals surface area (Å²) in [6.45, 7) is 1.70. The van der Waals surface area contributed by atoms with Gasteiger partial charge in [-0.25, -0.2) is 4.98 Å². The highest BCUT2D eigenvalue weighted by molar-refractivity contribution is 5.45. The van der Waals surface area contributed by atoms with Gasteiger partial charge in [-0.3, -0.25) is 0 Å². The van der Waals surface area contributed by atoms with E-state index in [1.807, 2.05) is 25.8 Å². The summed E-state index contributed by atoms with van der Waals surface area (Å²) in [7, 11) is 2.03. The third kappa shape index (κ3) is 2.70. The van der Waals surface area contributed by atoms with E-state index in [4.69, 9.17) is 4.74 Å². The van der Waals surface area contributed by atoms with Crippen LogP contribution in [0.3, 0.4) is 0 Å². The fourth-order valence-corrected chi connectivity index (χ4v) is 2.90. The molecule has 1 aromatic heterocycles. The average molecular weight is 271 g/mol. The molecule has 4 heteroatoms. The molecule has 0 spiro atoms. The van der Waals surface area contributed by atoms with Crippen LogP contribution < -0.4 is 10.1 Å². The molecule has 0 radical (unpaired) electrons. The number of nitrogens with one attached hydrogen (secondary N) is 1. The maximum Gasteiger partial charge on any atom is 0.122 e. The van der Waals surface area contributed by atoms with E-state index in [1.165, 1.54) is 17.5 Å². The van der Waals surface area contributed by atoms with Crippen molar-refractivity contribution in [3.8, 4) is 5.75 Å². The van der Waals surface area contributed by atoms with Crippen molar-refractivity contribution >= 4 is 0 Å². The zero-order valence-electron chi connectivity index (χ0n) is 11.9. The van der Waals surface area contributed by atoms with E-state index in [-0.39, 0.29) is 0 Å². The van der Waals surface area contributed by atoms with Crippen molar-refractivity contribution in [1.82, 2.24) is 14.9 Å². The molecule has 1 aliphatic rings. The van der Waals surface area contributed by atoms with Crippen molar-refractivity contribution in [3.05, 3.63) is 48.0 Å². The largest absolute Gasteiger partial charge is 0.493 e. The molecule has 1 heterocycles. The Kier molecular flexibility index (Phi) is 4.02. The molecule has 0 aliphatic heterocycles. The Morgan fingerprint density at radius 1 is 1.45 bits per heavy atom. The number of hydrogen-bond acceptors (Lipinski definition) is 3. The molecule has 3 rings (SSSR count). The molecule has 4 nitrogen and oxygen atoms in total. The van der Waals surface area contributed by atoms with Crippen molar-refractivity contribution in [2.75, 3.05) is 13.7 Å². The molecule has 1 aromatic carbocycles. The summed E-state index contributed by atoms with van der Waals surface area (Å²) in [4.78, 5) is 4.04. The molecular weight excluding hydrogens is 250 g/mol. The summed E-state index contributed by atoms with van der Waals surface area (Å²) in [5.41, 5.74) is 2.79. The van der Waals surface area contributed by atoms with Crippen LogP contribution in [0.1, 0.15) is 30.0 Å². The molecule has 1 atom stereocenters. The number of hydrogen-bond donors (Lipinski definition) is 1. The Morgan fingerprint density at radius 2 is 2.40 bits per heavy atom. The molecule has 1 aliphatic carbocycles. The van der Waals surface area contributed by atoms with Gasteiger partial charge in [0.25, 0.3) is 0 Å². The van der Waals surface area contributed by atoms with Crippen LogP contribution in [0.2, 0.25) is 0 Å². The lowest BCUT2D eigenvalue weighted by atomic mass is 10.1. The van der Waals surface area contributed by atoms with E-state index in [2.05, 4.69) is 33.1 Å². The van der Waals surface area contributed by atoms with Gasteiger partial charge in [0, 0.05) is 25.0 Å². The number of aromatic nitrogens is 2. The van der Waals surface area contributed by atoms with Crippen molar-refractivity contribution in [1.29, 1.82) is 0 Å². The van der Waals surface area contributed by atoms with Crippen LogP contribution >= 0.6 is 0 Å². The van der Waals surface area contributed by atoms with Gasteiger partial charge in [-0.05, 0) is 43.5 Å². The second-order valence-corrected chi connectivity index (χ2v) is 5.21. The Hall–Kier alpha value is -1.81. The Morgan fingerprint density at radius 3 is 3.20 bits per heavy atom.